The second-order valence-corrected chi connectivity index (χ2v) is 1.67. The molecule has 0 aromatic heterocycles. The van der Waals surface area contributed by atoms with Gasteiger partial charge in [0.2, 0.25) is 0 Å². The van der Waals surface area contributed by atoms with Crippen molar-refractivity contribution >= 4 is 8.05 Å². The van der Waals surface area contributed by atoms with Crippen LogP contribution in [-0.2, 0) is 0 Å². The van der Waals surface area contributed by atoms with Crippen molar-refractivity contribution in [3.63, 3.8) is 0 Å². The van der Waals surface area contributed by atoms with E-state index in [2.05, 4.69) is 0 Å². The number of rotatable bonds is 1. The lowest BCUT2D eigenvalue weighted by Crippen LogP contribution is -1.83. The number of para-hydroxylation sites is 2. The molecule has 2 nitrogen and oxygen atoms in total. The van der Waals surface area contributed by atoms with Gasteiger partial charge in [0, 0.05) is 0 Å². The fourth-order valence-electron chi connectivity index (χ4n) is 0.630. The topological polar surface area (TPSA) is 29.5 Å². The summed E-state index contributed by atoms with van der Waals surface area (Å²) in [5.74, 6) is 0.692. The summed E-state index contributed by atoms with van der Waals surface area (Å²) in [6.45, 7) is 0. The van der Waals surface area contributed by atoms with Crippen LogP contribution < -0.4 is 4.65 Å². The Morgan fingerprint density at radius 3 is 2.44 bits per heavy atom. The molecule has 1 aromatic rings. The second kappa shape index (κ2) is 2.44. The van der Waals surface area contributed by atoms with Crippen LogP contribution in [0.3, 0.4) is 0 Å². The molecule has 0 aliphatic rings. The summed E-state index contributed by atoms with van der Waals surface area (Å²) in [6.07, 6.45) is 0. The third-order valence-electron chi connectivity index (χ3n) is 1.09. The van der Waals surface area contributed by atoms with E-state index in [-0.39, 0.29) is 5.75 Å². The Labute approximate surface area is 54.5 Å². The highest BCUT2D eigenvalue weighted by Crippen LogP contribution is 2.22. The first-order chi connectivity index (χ1) is 4.34. The van der Waals surface area contributed by atoms with Gasteiger partial charge in [0.1, 0.15) is 5.75 Å². The first kappa shape index (κ1) is 6.01. The van der Waals surface area contributed by atoms with Crippen LogP contribution in [0.15, 0.2) is 24.3 Å². The lowest BCUT2D eigenvalue weighted by molar-refractivity contribution is 0.446. The highest BCUT2D eigenvalue weighted by Gasteiger charge is 1.93. The molecule has 0 aliphatic heterocycles. The molecule has 9 heavy (non-hydrogen) atoms. The number of phenolic OH excluding ortho intramolecular Hbond substituents is 1. The van der Waals surface area contributed by atoms with E-state index in [1.807, 2.05) is 0 Å². The Morgan fingerprint density at radius 2 is 2.00 bits per heavy atom. The first-order valence-electron chi connectivity index (χ1n) is 2.66. The molecule has 0 spiro atoms. The maximum atomic E-state index is 8.99. The van der Waals surface area contributed by atoms with Gasteiger partial charge in [-0.3, -0.25) is 0 Å². The maximum Gasteiger partial charge on any atom is 0.322 e. The van der Waals surface area contributed by atoms with E-state index in [0.717, 1.165) is 0 Å². The third kappa shape index (κ3) is 1.16. The van der Waals surface area contributed by atoms with Crippen molar-refractivity contribution in [1.29, 1.82) is 0 Å². The van der Waals surface area contributed by atoms with Gasteiger partial charge in [-0.25, -0.2) is 0 Å². The van der Waals surface area contributed by atoms with Crippen molar-refractivity contribution in [1.82, 2.24) is 0 Å². The zero-order valence-corrected chi connectivity index (χ0v) is 5.16. The van der Waals surface area contributed by atoms with Gasteiger partial charge in [-0.15, -0.1) is 0 Å². The zero-order chi connectivity index (χ0) is 6.69. The molecule has 0 amide bonds. The quantitative estimate of drug-likeness (QED) is 0.543. The minimum Gasteiger partial charge on any atom is -0.565 e. The van der Waals surface area contributed by atoms with Crippen LogP contribution in [0.2, 0.25) is 0 Å². The molecule has 0 radical (unpaired) electrons. The van der Waals surface area contributed by atoms with Crippen molar-refractivity contribution in [3.05, 3.63) is 24.3 Å². The summed E-state index contributed by atoms with van der Waals surface area (Å²) in [5.41, 5.74) is 0. The third-order valence-corrected chi connectivity index (χ3v) is 1.09. The SMILES string of the molecule is BOc1ccccc1O. The summed E-state index contributed by atoms with van der Waals surface area (Å²) in [7, 11) is 1.52. The van der Waals surface area contributed by atoms with Crippen molar-refractivity contribution in [2.75, 3.05) is 0 Å². The summed E-state index contributed by atoms with van der Waals surface area (Å²) >= 11 is 0. The summed E-state index contributed by atoms with van der Waals surface area (Å²) in [6, 6.07) is 6.84. The molecule has 0 heterocycles. The van der Waals surface area contributed by atoms with Crippen LogP contribution in [0.5, 0.6) is 11.5 Å². The van der Waals surface area contributed by atoms with Gasteiger partial charge in [-0.05, 0) is 12.1 Å². The number of aromatic hydroxyl groups is 1. The highest BCUT2D eigenvalue weighted by atomic mass is 16.4. The lowest BCUT2D eigenvalue weighted by Gasteiger charge is -2.00. The Bertz CT molecular complexity index is 200. The number of hydrogen-bond donors (Lipinski definition) is 1. The van der Waals surface area contributed by atoms with Gasteiger partial charge in [0.05, 0.1) is 0 Å². The van der Waals surface area contributed by atoms with Crippen LogP contribution in [-0.4, -0.2) is 13.2 Å². The zero-order valence-electron chi connectivity index (χ0n) is 5.16. The van der Waals surface area contributed by atoms with Crippen LogP contribution in [0.25, 0.3) is 0 Å². The van der Waals surface area contributed by atoms with E-state index in [1.165, 1.54) is 8.05 Å². The fraction of sp³-hybridized carbons (Fsp3) is 0. The fourth-order valence-corrected chi connectivity index (χ4v) is 0.630. The molecular weight excluding hydrogens is 115 g/mol. The lowest BCUT2D eigenvalue weighted by atomic mass is 10.3. The Balaban J connectivity index is 3.01. The predicted octanol–water partition coefficient (Wildman–Crippen LogP) is 0.319. The van der Waals surface area contributed by atoms with Crippen molar-refractivity contribution in [2.45, 2.75) is 0 Å². The molecule has 0 saturated heterocycles. The molecule has 3 heteroatoms. The van der Waals surface area contributed by atoms with Gasteiger partial charge in [-0.1, -0.05) is 12.1 Å². The molecule has 0 unspecified atom stereocenters. The number of hydrogen-bond acceptors (Lipinski definition) is 2. The molecule has 1 rings (SSSR count). The maximum absolute atomic E-state index is 8.99. The normalized spacial score (nSPS) is 8.89. The molecule has 0 bridgehead atoms. The largest absolute Gasteiger partial charge is 0.565 e. The van der Waals surface area contributed by atoms with Gasteiger partial charge in [-0.2, -0.15) is 0 Å². The van der Waals surface area contributed by atoms with E-state index >= 15 is 0 Å². The van der Waals surface area contributed by atoms with Crippen LogP contribution in [0.1, 0.15) is 0 Å². The number of phenols is 1. The van der Waals surface area contributed by atoms with E-state index in [0.29, 0.717) is 5.75 Å². The highest BCUT2D eigenvalue weighted by molar-refractivity contribution is 6.00. The van der Waals surface area contributed by atoms with Crippen LogP contribution in [0, 0.1) is 0 Å². The minimum absolute atomic E-state index is 0.181. The number of benzene rings is 1. The monoisotopic (exact) mass is 122 g/mol. The van der Waals surface area contributed by atoms with E-state index in [1.54, 1.807) is 24.3 Å². The standard InChI is InChI=1S/C6H7BO2/c7-9-6-4-2-1-3-5(6)8/h1-4,8H,7H2. The Morgan fingerprint density at radius 1 is 1.33 bits per heavy atom. The van der Waals surface area contributed by atoms with Crippen molar-refractivity contribution < 1.29 is 9.76 Å². The van der Waals surface area contributed by atoms with Crippen LogP contribution in [0.4, 0.5) is 0 Å². The van der Waals surface area contributed by atoms with Gasteiger partial charge in [0.25, 0.3) is 0 Å². The first-order valence-corrected chi connectivity index (χ1v) is 2.66. The molecule has 0 atom stereocenters. The smallest absolute Gasteiger partial charge is 0.322 e. The average Bonchev–Trinajstić information content (AvgIpc) is 1.89. The van der Waals surface area contributed by atoms with Gasteiger partial charge >= 0.3 is 8.05 Å². The molecule has 1 N–H and O–H groups in total. The minimum atomic E-state index is 0.181. The Kier molecular flexibility index (Phi) is 1.63. The van der Waals surface area contributed by atoms with Crippen molar-refractivity contribution in [3.8, 4) is 11.5 Å². The van der Waals surface area contributed by atoms with Crippen molar-refractivity contribution in [2.24, 2.45) is 0 Å². The molecule has 46 valence electrons. The summed E-state index contributed by atoms with van der Waals surface area (Å²) in [4.78, 5) is 0. The Hall–Kier alpha value is -1.12. The van der Waals surface area contributed by atoms with Crippen LogP contribution >= 0.6 is 0 Å². The summed E-state index contributed by atoms with van der Waals surface area (Å²) in [5, 5.41) is 8.99. The molecular formula is C6H7BO2. The molecule has 0 aliphatic carbocycles. The molecule has 0 fully saturated rings. The summed E-state index contributed by atoms with van der Waals surface area (Å²) < 4.78 is 4.79. The van der Waals surface area contributed by atoms with E-state index in [9.17, 15) is 0 Å². The molecule has 1 aromatic carbocycles. The van der Waals surface area contributed by atoms with E-state index < -0.39 is 0 Å². The van der Waals surface area contributed by atoms with E-state index in [4.69, 9.17) is 9.76 Å². The predicted molar refractivity (Wildman–Crippen MR) is 37.3 cm³/mol. The molecule has 0 saturated carbocycles. The van der Waals surface area contributed by atoms with Gasteiger partial charge in [0.15, 0.2) is 5.75 Å². The average molecular weight is 122 g/mol. The second-order valence-electron chi connectivity index (χ2n) is 1.67. The van der Waals surface area contributed by atoms with Gasteiger partial charge < -0.3 is 9.76 Å².